The van der Waals surface area contributed by atoms with E-state index in [-0.39, 0.29) is 0 Å². The zero-order valence-electron chi connectivity index (χ0n) is 10.8. The minimum Gasteiger partial charge on any atom is -0.497 e. The number of aromatic amines is 1. The van der Waals surface area contributed by atoms with Gasteiger partial charge in [0.25, 0.3) is 0 Å². The van der Waals surface area contributed by atoms with Gasteiger partial charge in [-0.05, 0) is 25.1 Å². The van der Waals surface area contributed by atoms with Crippen LogP contribution in [0.15, 0.2) is 36.7 Å². The first kappa shape index (κ1) is 11.5. The summed E-state index contributed by atoms with van der Waals surface area (Å²) in [6.07, 6.45) is 1.54. The molecular weight excluding hydrogens is 240 g/mol. The van der Waals surface area contributed by atoms with Crippen molar-refractivity contribution < 1.29 is 4.74 Å². The first-order chi connectivity index (χ1) is 9.26. The zero-order chi connectivity index (χ0) is 13.2. The van der Waals surface area contributed by atoms with Crippen molar-refractivity contribution in [3.63, 3.8) is 0 Å². The monoisotopic (exact) mass is 254 g/mol. The number of hydrogen-bond donors (Lipinski definition) is 2. The molecule has 0 unspecified atom stereocenters. The van der Waals surface area contributed by atoms with E-state index in [1.165, 1.54) is 0 Å². The van der Waals surface area contributed by atoms with Gasteiger partial charge in [-0.15, -0.1) is 0 Å². The minimum absolute atomic E-state index is 0.780. The maximum absolute atomic E-state index is 5.21. The molecule has 0 spiro atoms. The van der Waals surface area contributed by atoms with Crippen LogP contribution in [0, 0.1) is 6.92 Å². The molecule has 2 aromatic heterocycles. The summed E-state index contributed by atoms with van der Waals surface area (Å²) in [5, 5.41) is 4.26. The van der Waals surface area contributed by atoms with Gasteiger partial charge in [0.15, 0.2) is 0 Å². The Morgan fingerprint density at radius 2 is 2.11 bits per heavy atom. The third-order valence-corrected chi connectivity index (χ3v) is 2.89. The van der Waals surface area contributed by atoms with Gasteiger partial charge in [0.1, 0.15) is 23.5 Å². The molecule has 2 N–H and O–H groups in total. The van der Waals surface area contributed by atoms with Crippen molar-refractivity contribution in [2.75, 3.05) is 12.4 Å². The lowest BCUT2D eigenvalue weighted by Gasteiger charge is -2.07. The van der Waals surface area contributed by atoms with Crippen LogP contribution in [-0.4, -0.2) is 22.1 Å². The van der Waals surface area contributed by atoms with Crippen LogP contribution in [0.3, 0.4) is 0 Å². The molecule has 0 aliphatic carbocycles. The summed E-state index contributed by atoms with van der Waals surface area (Å²) < 4.78 is 5.21. The average molecular weight is 254 g/mol. The molecule has 0 saturated carbocycles. The van der Waals surface area contributed by atoms with Gasteiger partial charge in [-0.2, -0.15) is 0 Å². The lowest BCUT2D eigenvalue weighted by atomic mass is 10.3. The van der Waals surface area contributed by atoms with Gasteiger partial charge in [-0.25, -0.2) is 9.97 Å². The van der Waals surface area contributed by atoms with Crippen molar-refractivity contribution in [1.82, 2.24) is 15.0 Å². The van der Waals surface area contributed by atoms with Gasteiger partial charge in [0.2, 0.25) is 0 Å². The Bertz CT molecular complexity index is 720. The first-order valence-corrected chi connectivity index (χ1v) is 5.97. The van der Waals surface area contributed by atoms with Gasteiger partial charge in [0, 0.05) is 17.4 Å². The molecule has 0 aliphatic heterocycles. The SMILES string of the molecule is COc1cccc(Nc2ncnc3[nH]c(C)cc23)c1. The number of nitrogens with one attached hydrogen (secondary N) is 2. The lowest BCUT2D eigenvalue weighted by molar-refractivity contribution is 0.415. The van der Waals surface area contributed by atoms with Crippen molar-refractivity contribution in [2.24, 2.45) is 0 Å². The van der Waals surface area contributed by atoms with Crippen molar-refractivity contribution in [1.29, 1.82) is 0 Å². The van der Waals surface area contributed by atoms with E-state index in [1.807, 2.05) is 37.3 Å². The molecule has 1 aromatic carbocycles. The highest BCUT2D eigenvalue weighted by molar-refractivity contribution is 5.89. The van der Waals surface area contributed by atoms with Gasteiger partial charge in [-0.1, -0.05) is 6.07 Å². The number of hydrogen-bond acceptors (Lipinski definition) is 4. The molecule has 19 heavy (non-hydrogen) atoms. The summed E-state index contributed by atoms with van der Waals surface area (Å²) in [7, 11) is 1.65. The molecule has 0 radical (unpaired) electrons. The number of rotatable bonds is 3. The van der Waals surface area contributed by atoms with E-state index in [0.717, 1.165) is 34.0 Å². The van der Waals surface area contributed by atoms with Gasteiger partial charge >= 0.3 is 0 Å². The molecule has 3 aromatic rings. The lowest BCUT2D eigenvalue weighted by Crippen LogP contribution is -1.95. The maximum Gasteiger partial charge on any atom is 0.143 e. The fraction of sp³-hybridized carbons (Fsp3) is 0.143. The molecule has 5 nitrogen and oxygen atoms in total. The normalized spacial score (nSPS) is 10.6. The summed E-state index contributed by atoms with van der Waals surface area (Å²) in [6, 6.07) is 9.75. The Kier molecular flexibility index (Phi) is 2.79. The van der Waals surface area contributed by atoms with Crippen LogP contribution in [0.25, 0.3) is 11.0 Å². The number of ether oxygens (including phenoxy) is 1. The molecule has 3 rings (SSSR count). The van der Waals surface area contributed by atoms with Crippen molar-refractivity contribution in [3.8, 4) is 5.75 Å². The minimum atomic E-state index is 0.780. The van der Waals surface area contributed by atoms with E-state index in [4.69, 9.17) is 4.74 Å². The van der Waals surface area contributed by atoms with Crippen molar-refractivity contribution in [2.45, 2.75) is 6.92 Å². The fourth-order valence-electron chi connectivity index (χ4n) is 2.01. The maximum atomic E-state index is 5.21. The molecule has 0 saturated heterocycles. The van der Waals surface area contributed by atoms with Crippen LogP contribution in [-0.2, 0) is 0 Å². The molecule has 0 fully saturated rings. The number of methoxy groups -OCH3 is 1. The second-order valence-electron chi connectivity index (χ2n) is 4.29. The number of H-pyrrole nitrogens is 1. The van der Waals surface area contributed by atoms with Gasteiger partial charge in [0.05, 0.1) is 12.5 Å². The van der Waals surface area contributed by atoms with Crippen LogP contribution in [0.1, 0.15) is 5.69 Å². The topological polar surface area (TPSA) is 62.8 Å². The number of fused-ring (bicyclic) bond motifs is 1. The van der Waals surface area contributed by atoms with E-state index >= 15 is 0 Å². The largest absolute Gasteiger partial charge is 0.497 e. The number of nitrogens with zero attached hydrogens (tertiary/aromatic N) is 2. The highest BCUT2D eigenvalue weighted by Crippen LogP contribution is 2.25. The number of benzene rings is 1. The quantitative estimate of drug-likeness (QED) is 0.754. The van der Waals surface area contributed by atoms with Crippen LogP contribution in [0.4, 0.5) is 11.5 Å². The number of aromatic nitrogens is 3. The van der Waals surface area contributed by atoms with E-state index in [2.05, 4.69) is 20.3 Å². The Morgan fingerprint density at radius 3 is 2.95 bits per heavy atom. The Balaban J connectivity index is 2.00. The molecule has 0 bridgehead atoms. The molecule has 5 heteroatoms. The first-order valence-electron chi connectivity index (χ1n) is 5.97. The van der Waals surface area contributed by atoms with Crippen LogP contribution < -0.4 is 10.1 Å². The molecule has 0 atom stereocenters. The highest BCUT2D eigenvalue weighted by atomic mass is 16.5. The summed E-state index contributed by atoms with van der Waals surface area (Å²) >= 11 is 0. The van der Waals surface area contributed by atoms with E-state index in [1.54, 1.807) is 13.4 Å². The predicted molar refractivity (Wildman–Crippen MR) is 74.9 cm³/mol. The zero-order valence-corrected chi connectivity index (χ0v) is 10.8. The van der Waals surface area contributed by atoms with Crippen molar-refractivity contribution in [3.05, 3.63) is 42.4 Å². The molecule has 96 valence electrons. The Morgan fingerprint density at radius 1 is 1.21 bits per heavy atom. The molecule has 2 heterocycles. The van der Waals surface area contributed by atoms with Gasteiger partial charge < -0.3 is 15.0 Å². The van der Waals surface area contributed by atoms with Crippen molar-refractivity contribution >= 4 is 22.5 Å². The standard InChI is InChI=1S/C14H14N4O/c1-9-6-12-13(17-9)15-8-16-14(12)18-10-4-3-5-11(7-10)19-2/h3-8H,1-2H3,(H2,15,16,17,18). The average Bonchev–Trinajstić information content (AvgIpc) is 2.80. The third kappa shape index (κ3) is 2.22. The van der Waals surface area contributed by atoms with E-state index in [0.29, 0.717) is 0 Å². The fourth-order valence-corrected chi connectivity index (χ4v) is 2.01. The highest BCUT2D eigenvalue weighted by Gasteiger charge is 2.06. The Labute approximate surface area is 110 Å². The molecule has 0 aliphatic rings. The summed E-state index contributed by atoms with van der Waals surface area (Å²) in [5.74, 6) is 1.59. The summed E-state index contributed by atoms with van der Waals surface area (Å²) in [5.41, 5.74) is 2.82. The van der Waals surface area contributed by atoms with Crippen LogP contribution in [0.5, 0.6) is 5.75 Å². The van der Waals surface area contributed by atoms with E-state index < -0.39 is 0 Å². The second-order valence-corrected chi connectivity index (χ2v) is 4.29. The van der Waals surface area contributed by atoms with Crippen LogP contribution >= 0.6 is 0 Å². The molecule has 0 amide bonds. The van der Waals surface area contributed by atoms with Gasteiger partial charge in [-0.3, -0.25) is 0 Å². The predicted octanol–water partition coefficient (Wildman–Crippen LogP) is 3.02. The Hall–Kier alpha value is -2.56. The third-order valence-electron chi connectivity index (χ3n) is 2.89. The summed E-state index contributed by atoms with van der Waals surface area (Å²) in [4.78, 5) is 11.7. The number of anilines is 2. The molecular formula is C14H14N4O. The van der Waals surface area contributed by atoms with Crippen LogP contribution in [0.2, 0.25) is 0 Å². The van der Waals surface area contributed by atoms with E-state index in [9.17, 15) is 0 Å². The number of aryl methyl sites for hydroxylation is 1. The summed E-state index contributed by atoms with van der Waals surface area (Å²) in [6.45, 7) is 2.00. The smallest absolute Gasteiger partial charge is 0.143 e. The second kappa shape index (κ2) is 4.61.